The maximum Gasteiger partial charge on any atom is 0.283 e. The molecular weight excluding hydrogens is 369 g/mol. The molecule has 0 radical (unpaired) electrons. The van der Waals surface area contributed by atoms with Crippen molar-refractivity contribution in [3.63, 3.8) is 0 Å². The summed E-state index contributed by atoms with van der Waals surface area (Å²) in [6.45, 7) is 5.02. The van der Waals surface area contributed by atoms with Crippen LogP contribution in [0.2, 0.25) is 0 Å². The number of imidazole rings is 1. The molecule has 0 aliphatic heterocycles. The molecule has 0 spiro atoms. The van der Waals surface area contributed by atoms with Crippen LogP contribution in [0.15, 0.2) is 79.7 Å². The molecule has 4 rings (SSSR count). The van der Waals surface area contributed by atoms with E-state index in [9.17, 15) is 9.18 Å². The predicted octanol–water partition coefficient (Wildman–Crippen LogP) is 4.87. The number of nitrogens with zero attached hydrogens (tertiary/aromatic N) is 3. The molecule has 0 atom stereocenters. The molecule has 4 aromatic rings. The number of aromatic nitrogens is 3. The van der Waals surface area contributed by atoms with Crippen LogP contribution in [0.1, 0.15) is 5.56 Å². The Morgan fingerprint density at radius 3 is 2.59 bits per heavy atom. The van der Waals surface area contributed by atoms with E-state index in [1.54, 1.807) is 30.9 Å². The van der Waals surface area contributed by atoms with E-state index in [2.05, 4.69) is 27.2 Å². The molecule has 144 valence electrons. The van der Waals surface area contributed by atoms with Gasteiger partial charge < -0.3 is 10.6 Å². The Balaban J connectivity index is 1.66. The highest BCUT2D eigenvalue weighted by Crippen LogP contribution is 2.27. The average molecular weight is 387 g/mol. The van der Waals surface area contributed by atoms with Gasteiger partial charge in [0.1, 0.15) is 5.52 Å². The smallest absolute Gasteiger partial charge is 0.283 e. The summed E-state index contributed by atoms with van der Waals surface area (Å²) < 4.78 is 14.8. The van der Waals surface area contributed by atoms with Crippen molar-refractivity contribution in [3.05, 3.63) is 85.2 Å². The number of halogens is 1. The van der Waals surface area contributed by atoms with Crippen LogP contribution in [0.4, 0.5) is 21.6 Å². The first-order valence-corrected chi connectivity index (χ1v) is 8.93. The van der Waals surface area contributed by atoms with Gasteiger partial charge in [0, 0.05) is 16.9 Å². The molecule has 2 heterocycles. The largest absolute Gasteiger partial charge is 0.338 e. The molecule has 29 heavy (non-hydrogen) atoms. The molecule has 2 aromatic heterocycles. The lowest BCUT2D eigenvalue weighted by Crippen LogP contribution is -2.10. The number of carbonyl (C=O) groups is 1. The second-order valence-corrected chi connectivity index (χ2v) is 6.52. The first kappa shape index (κ1) is 18.4. The third kappa shape index (κ3) is 3.70. The predicted molar refractivity (Wildman–Crippen MR) is 112 cm³/mol. The van der Waals surface area contributed by atoms with E-state index in [1.165, 1.54) is 0 Å². The fraction of sp³-hybridized carbons (Fsp3) is 0.0455. The highest BCUT2D eigenvalue weighted by Gasteiger charge is 2.11. The molecule has 0 bridgehead atoms. The summed E-state index contributed by atoms with van der Waals surface area (Å²) in [6, 6.07) is 15.0. The summed E-state index contributed by atoms with van der Waals surface area (Å²) in [5.41, 5.74) is 5.11. The van der Waals surface area contributed by atoms with Gasteiger partial charge >= 0.3 is 0 Å². The molecule has 0 unspecified atom stereocenters. The second kappa shape index (κ2) is 7.55. The minimum Gasteiger partial charge on any atom is -0.338 e. The summed E-state index contributed by atoms with van der Waals surface area (Å²) in [5, 5.41) is 5.79. The number of carbonyl (C=O) groups excluding carboxylic acids is 1. The van der Waals surface area contributed by atoms with Crippen LogP contribution < -0.4 is 10.6 Å². The number of hydrogen-bond donors (Lipinski definition) is 2. The van der Waals surface area contributed by atoms with Crippen molar-refractivity contribution in [2.45, 2.75) is 6.92 Å². The SMILES string of the molecule is C=C(F)C(=O)Nc1ccc(-c2cnc(Nc3ccccc3C)c3cncn23)cc1. The minimum atomic E-state index is -1.03. The van der Waals surface area contributed by atoms with Crippen molar-refractivity contribution in [1.82, 2.24) is 14.4 Å². The number of benzene rings is 2. The normalized spacial score (nSPS) is 10.7. The van der Waals surface area contributed by atoms with Gasteiger partial charge in [-0.25, -0.2) is 14.4 Å². The fourth-order valence-corrected chi connectivity index (χ4v) is 2.99. The van der Waals surface area contributed by atoms with Gasteiger partial charge in [0.2, 0.25) is 0 Å². The number of nitrogens with one attached hydrogen (secondary N) is 2. The zero-order valence-electron chi connectivity index (χ0n) is 15.7. The van der Waals surface area contributed by atoms with Crippen LogP contribution in [-0.4, -0.2) is 20.3 Å². The number of amides is 1. The first-order valence-electron chi connectivity index (χ1n) is 8.93. The second-order valence-electron chi connectivity index (χ2n) is 6.52. The number of rotatable bonds is 5. The molecular formula is C22H18FN5O. The molecule has 7 heteroatoms. The molecule has 2 N–H and O–H groups in total. The third-order valence-electron chi connectivity index (χ3n) is 4.54. The summed E-state index contributed by atoms with van der Waals surface area (Å²) in [7, 11) is 0. The lowest BCUT2D eigenvalue weighted by atomic mass is 10.1. The van der Waals surface area contributed by atoms with Crippen LogP contribution in [0.3, 0.4) is 0 Å². The van der Waals surface area contributed by atoms with Gasteiger partial charge in [-0.15, -0.1) is 0 Å². The van der Waals surface area contributed by atoms with E-state index >= 15 is 0 Å². The number of hydrogen-bond acceptors (Lipinski definition) is 4. The number of aryl methyl sites for hydroxylation is 1. The summed E-state index contributed by atoms with van der Waals surface area (Å²) in [5.74, 6) is -1.19. The Morgan fingerprint density at radius 1 is 1.10 bits per heavy atom. The third-order valence-corrected chi connectivity index (χ3v) is 4.54. The maximum absolute atomic E-state index is 12.9. The lowest BCUT2D eigenvalue weighted by molar-refractivity contribution is -0.114. The van der Waals surface area contributed by atoms with E-state index in [0.29, 0.717) is 11.5 Å². The average Bonchev–Trinajstić information content (AvgIpc) is 3.21. The van der Waals surface area contributed by atoms with Crippen LogP contribution in [0.5, 0.6) is 0 Å². The Hall–Kier alpha value is -4.00. The monoisotopic (exact) mass is 387 g/mol. The first-order chi connectivity index (χ1) is 14.0. The summed E-state index contributed by atoms with van der Waals surface area (Å²) in [6.07, 6.45) is 5.23. The standard InChI is InChI=1S/C22H18FN5O/c1-14-5-3-4-6-18(14)27-21-20-11-24-13-28(20)19(12-25-21)16-7-9-17(10-8-16)26-22(29)15(2)23/h3-13H,2H2,1H3,(H,25,27)(H,26,29). The van der Waals surface area contributed by atoms with Gasteiger partial charge in [0.15, 0.2) is 11.6 Å². The van der Waals surface area contributed by atoms with E-state index in [4.69, 9.17) is 0 Å². The summed E-state index contributed by atoms with van der Waals surface area (Å²) >= 11 is 0. The molecule has 6 nitrogen and oxygen atoms in total. The molecule has 0 saturated carbocycles. The zero-order chi connectivity index (χ0) is 20.4. The van der Waals surface area contributed by atoms with E-state index in [-0.39, 0.29) is 0 Å². The number of anilines is 3. The van der Waals surface area contributed by atoms with Crippen molar-refractivity contribution in [1.29, 1.82) is 0 Å². The Bertz CT molecular complexity index is 1210. The van der Waals surface area contributed by atoms with E-state index in [1.807, 2.05) is 47.7 Å². The van der Waals surface area contributed by atoms with Gasteiger partial charge in [-0.05, 0) is 30.7 Å². The summed E-state index contributed by atoms with van der Waals surface area (Å²) in [4.78, 5) is 20.2. The van der Waals surface area contributed by atoms with Crippen molar-refractivity contribution >= 4 is 28.6 Å². The highest BCUT2D eigenvalue weighted by atomic mass is 19.1. The van der Waals surface area contributed by atoms with Crippen LogP contribution in [-0.2, 0) is 4.79 Å². The maximum atomic E-state index is 12.9. The molecule has 2 aromatic carbocycles. The Morgan fingerprint density at radius 2 is 1.86 bits per heavy atom. The van der Waals surface area contributed by atoms with Crippen molar-refractivity contribution in [2.75, 3.05) is 10.6 Å². The minimum absolute atomic E-state index is 0.477. The Kier molecular flexibility index (Phi) is 4.78. The Labute approximate surface area is 166 Å². The molecule has 0 aliphatic rings. The fourth-order valence-electron chi connectivity index (χ4n) is 2.99. The van der Waals surface area contributed by atoms with Crippen LogP contribution >= 0.6 is 0 Å². The van der Waals surface area contributed by atoms with Gasteiger partial charge in [-0.1, -0.05) is 36.9 Å². The highest BCUT2D eigenvalue weighted by molar-refractivity contribution is 6.01. The molecule has 0 aliphatic carbocycles. The lowest BCUT2D eigenvalue weighted by Gasteiger charge is -2.13. The van der Waals surface area contributed by atoms with E-state index < -0.39 is 11.7 Å². The zero-order valence-corrected chi connectivity index (χ0v) is 15.7. The van der Waals surface area contributed by atoms with Gasteiger partial charge in [0.05, 0.1) is 24.4 Å². The van der Waals surface area contributed by atoms with Crippen molar-refractivity contribution in [3.8, 4) is 11.3 Å². The van der Waals surface area contributed by atoms with E-state index in [0.717, 1.165) is 28.0 Å². The van der Waals surface area contributed by atoms with Gasteiger partial charge in [-0.3, -0.25) is 9.20 Å². The van der Waals surface area contributed by atoms with Crippen LogP contribution in [0.25, 0.3) is 16.8 Å². The number of para-hydroxylation sites is 1. The van der Waals surface area contributed by atoms with Crippen LogP contribution in [0, 0.1) is 6.92 Å². The quantitative estimate of drug-likeness (QED) is 0.479. The molecule has 1 amide bonds. The van der Waals surface area contributed by atoms with Gasteiger partial charge in [-0.2, -0.15) is 0 Å². The molecule has 0 fully saturated rings. The molecule has 0 saturated heterocycles. The topological polar surface area (TPSA) is 71.3 Å². The number of fused-ring (bicyclic) bond motifs is 1. The van der Waals surface area contributed by atoms with Crippen molar-refractivity contribution < 1.29 is 9.18 Å². The van der Waals surface area contributed by atoms with Gasteiger partial charge in [0.25, 0.3) is 5.91 Å². The van der Waals surface area contributed by atoms with Crippen molar-refractivity contribution in [2.24, 2.45) is 0 Å².